The fourth-order valence-corrected chi connectivity index (χ4v) is 0.732. The van der Waals surface area contributed by atoms with Crippen molar-refractivity contribution < 1.29 is 24.9 Å². The van der Waals surface area contributed by atoms with Crippen molar-refractivity contribution in [2.24, 2.45) is 5.73 Å². The van der Waals surface area contributed by atoms with Crippen LogP contribution in [-0.4, -0.2) is 52.0 Å². The molecule has 82 valence electrons. The zero-order valence-electron chi connectivity index (χ0n) is 7.67. The van der Waals surface area contributed by atoms with Crippen LogP contribution in [0.4, 0.5) is 0 Å². The van der Waals surface area contributed by atoms with E-state index >= 15 is 0 Å². The summed E-state index contributed by atoms with van der Waals surface area (Å²) in [5, 5.41) is 28.0. The van der Waals surface area contributed by atoms with Crippen molar-refractivity contribution in [1.29, 1.82) is 0 Å². The number of carboxylic acid groups (broad SMARTS) is 1. The minimum absolute atomic E-state index is 0.585. The maximum absolute atomic E-state index is 11.0. The molecule has 0 saturated heterocycles. The molecule has 0 spiro atoms. The first-order valence-electron chi connectivity index (χ1n) is 3.97. The summed E-state index contributed by atoms with van der Waals surface area (Å²) in [4.78, 5) is 21.5. The van der Waals surface area contributed by atoms with Gasteiger partial charge in [-0.05, 0) is 6.92 Å². The number of aliphatic hydroxyl groups excluding tert-OH is 2. The molecule has 7 nitrogen and oxygen atoms in total. The second-order valence-electron chi connectivity index (χ2n) is 2.85. The Morgan fingerprint density at radius 2 is 2.00 bits per heavy atom. The average Bonchev–Trinajstić information content (AvgIpc) is 2.11. The van der Waals surface area contributed by atoms with Crippen LogP contribution in [-0.2, 0) is 9.59 Å². The van der Waals surface area contributed by atoms with Crippen LogP contribution in [0.5, 0.6) is 0 Å². The van der Waals surface area contributed by atoms with Gasteiger partial charge in [0.1, 0.15) is 6.04 Å². The summed E-state index contributed by atoms with van der Waals surface area (Å²) in [7, 11) is 0. The van der Waals surface area contributed by atoms with E-state index in [1.807, 2.05) is 5.32 Å². The Morgan fingerprint density at radius 3 is 2.29 bits per heavy atom. The Hall–Kier alpha value is -1.18. The Kier molecular flexibility index (Phi) is 5.06. The summed E-state index contributed by atoms with van der Waals surface area (Å²) in [6.45, 7) is 0.640. The third kappa shape index (κ3) is 3.69. The van der Waals surface area contributed by atoms with Crippen LogP contribution >= 0.6 is 0 Å². The molecule has 0 aromatic heterocycles. The third-order valence-electron chi connectivity index (χ3n) is 1.58. The number of amides is 1. The molecule has 0 bridgehead atoms. The van der Waals surface area contributed by atoms with Gasteiger partial charge in [-0.25, -0.2) is 4.79 Å². The molecular weight excluding hydrogens is 192 g/mol. The molecule has 6 N–H and O–H groups in total. The molecular formula is C7H14N2O5. The molecule has 3 atom stereocenters. The first-order valence-corrected chi connectivity index (χ1v) is 3.97. The number of nitrogens with one attached hydrogen (secondary N) is 1. The average molecular weight is 206 g/mol. The molecule has 0 unspecified atom stereocenters. The van der Waals surface area contributed by atoms with E-state index in [-0.39, 0.29) is 0 Å². The van der Waals surface area contributed by atoms with Gasteiger partial charge >= 0.3 is 5.97 Å². The molecule has 1 amide bonds. The molecule has 0 aliphatic heterocycles. The van der Waals surface area contributed by atoms with E-state index in [9.17, 15) is 9.59 Å². The maximum atomic E-state index is 11.0. The van der Waals surface area contributed by atoms with Crippen LogP contribution in [0, 0.1) is 0 Å². The van der Waals surface area contributed by atoms with E-state index < -0.39 is 36.7 Å². The predicted octanol–water partition coefficient (Wildman–Crippen LogP) is -2.74. The lowest BCUT2D eigenvalue weighted by Gasteiger charge is -2.18. The van der Waals surface area contributed by atoms with Crippen LogP contribution in [0.25, 0.3) is 0 Å². The molecule has 0 aliphatic carbocycles. The standard InChI is InChI=1S/C7H14N2O5/c1-3(11)5(7(13)14)9-6(12)4(8)2-10/h3-5,10-11H,2,8H2,1H3,(H,9,12)(H,13,14)/t3-,4+,5+/m1/s1. The summed E-state index contributed by atoms with van der Waals surface area (Å²) in [6.07, 6.45) is -1.23. The van der Waals surface area contributed by atoms with E-state index in [0.29, 0.717) is 0 Å². The number of carboxylic acids is 1. The smallest absolute Gasteiger partial charge is 0.328 e. The number of carbonyl (C=O) groups is 2. The normalized spacial score (nSPS) is 16.9. The topological polar surface area (TPSA) is 133 Å². The molecule has 0 aromatic rings. The SMILES string of the molecule is C[C@@H](O)[C@H](NC(=O)[C@@H](N)CO)C(=O)O. The van der Waals surface area contributed by atoms with Gasteiger partial charge in [-0.2, -0.15) is 0 Å². The molecule has 0 aliphatic rings. The summed E-state index contributed by atoms with van der Waals surface area (Å²) in [5.41, 5.74) is 5.13. The van der Waals surface area contributed by atoms with E-state index in [1.54, 1.807) is 0 Å². The Morgan fingerprint density at radius 1 is 1.50 bits per heavy atom. The highest BCUT2D eigenvalue weighted by Crippen LogP contribution is 1.93. The minimum Gasteiger partial charge on any atom is -0.480 e. The molecule has 0 fully saturated rings. The van der Waals surface area contributed by atoms with Gasteiger partial charge in [-0.1, -0.05) is 0 Å². The van der Waals surface area contributed by atoms with Gasteiger partial charge in [-0.15, -0.1) is 0 Å². The number of hydrogen-bond acceptors (Lipinski definition) is 5. The number of aliphatic hydroxyl groups is 2. The number of nitrogens with two attached hydrogens (primary N) is 1. The minimum atomic E-state index is -1.42. The van der Waals surface area contributed by atoms with Gasteiger partial charge in [0.25, 0.3) is 0 Å². The van der Waals surface area contributed by atoms with Crippen molar-refractivity contribution in [3.05, 3.63) is 0 Å². The Bertz CT molecular complexity index is 218. The molecule has 0 heterocycles. The van der Waals surface area contributed by atoms with Gasteiger partial charge < -0.3 is 26.4 Å². The van der Waals surface area contributed by atoms with Crippen molar-refractivity contribution in [2.45, 2.75) is 25.1 Å². The monoisotopic (exact) mass is 206 g/mol. The molecule has 0 rings (SSSR count). The first kappa shape index (κ1) is 12.8. The lowest BCUT2D eigenvalue weighted by Crippen LogP contribution is -2.53. The van der Waals surface area contributed by atoms with Crippen LogP contribution in [0.2, 0.25) is 0 Å². The summed E-state index contributed by atoms with van der Waals surface area (Å²) in [5.74, 6) is -2.18. The van der Waals surface area contributed by atoms with Crippen molar-refractivity contribution in [2.75, 3.05) is 6.61 Å². The molecule has 0 radical (unpaired) electrons. The number of hydrogen-bond donors (Lipinski definition) is 5. The molecule has 14 heavy (non-hydrogen) atoms. The fourth-order valence-electron chi connectivity index (χ4n) is 0.732. The molecule has 0 saturated carbocycles. The predicted molar refractivity (Wildman–Crippen MR) is 46.3 cm³/mol. The highest BCUT2D eigenvalue weighted by Gasteiger charge is 2.26. The van der Waals surface area contributed by atoms with Crippen LogP contribution in [0.3, 0.4) is 0 Å². The molecule has 7 heteroatoms. The van der Waals surface area contributed by atoms with Crippen LogP contribution in [0.1, 0.15) is 6.92 Å². The Balaban J connectivity index is 4.31. The van der Waals surface area contributed by atoms with E-state index in [0.717, 1.165) is 0 Å². The van der Waals surface area contributed by atoms with Crippen molar-refractivity contribution >= 4 is 11.9 Å². The van der Waals surface area contributed by atoms with Gasteiger partial charge in [-0.3, -0.25) is 4.79 Å². The van der Waals surface area contributed by atoms with Crippen molar-refractivity contribution in [3.63, 3.8) is 0 Å². The third-order valence-corrected chi connectivity index (χ3v) is 1.58. The van der Waals surface area contributed by atoms with E-state index in [1.165, 1.54) is 6.92 Å². The number of rotatable bonds is 5. The second kappa shape index (κ2) is 5.53. The van der Waals surface area contributed by atoms with Gasteiger partial charge in [0.05, 0.1) is 12.7 Å². The number of carbonyl (C=O) groups excluding carboxylic acids is 1. The summed E-state index contributed by atoms with van der Waals surface area (Å²) >= 11 is 0. The lowest BCUT2D eigenvalue weighted by atomic mass is 10.1. The van der Waals surface area contributed by atoms with Crippen LogP contribution in [0.15, 0.2) is 0 Å². The fraction of sp³-hybridized carbons (Fsp3) is 0.714. The zero-order valence-corrected chi connectivity index (χ0v) is 7.67. The van der Waals surface area contributed by atoms with Gasteiger partial charge in [0.15, 0.2) is 6.04 Å². The second-order valence-corrected chi connectivity index (χ2v) is 2.85. The molecule has 0 aromatic carbocycles. The van der Waals surface area contributed by atoms with E-state index in [2.05, 4.69) is 0 Å². The lowest BCUT2D eigenvalue weighted by molar-refractivity contribution is -0.145. The number of aliphatic carboxylic acids is 1. The van der Waals surface area contributed by atoms with Gasteiger partial charge in [0, 0.05) is 0 Å². The highest BCUT2D eigenvalue weighted by atomic mass is 16.4. The van der Waals surface area contributed by atoms with Crippen molar-refractivity contribution in [3.8, 4) is 0 Å². The Labute approximate surface area is 80.5 Å². The summed E-state index contributed by atoms with van der Waals surface area (Å²) < 4.78 is 0. The summed E-state index contributed by atoms with van der Waals surface area (Å²) in [6, 6.07) is -2.60. The zero-order chi connectivity index (χ0) is 11.3. The van der Waals surface area contributed by atoms with E-state index in [4.69, 9.17) is 21.1 Å². The quantitative estimate of drug-likeness (QED) is 0.331. The maximum Gasteiger partial charge on any atom is 0.328 e. The van der Waals surface area contributed by atoms with Gasteiger partial charge in [0.2, 0.25) is 5.91 Å². The van der Waals surface area contributed by atoms with Crippen molar-refractivity contribution in [1.82, 2.24) is 5.32 Å². The highest BCUT2D eigenvalue weighted by molar-refractivity contribution is 5.87. The van der Waals surface area contributed by atoms with Crippen LogP contribution < -0.4 is 11.1 Å². The first-order chi connectivity index (χ1) is 6.40. The largest absolute Gasteiger partial charge is 0.480 e.